The van der Waals surface area contributed by atoms with Gasteiger partial charge >= 0.3 is 0 Å². The van der Waals surface area contributed by atoms with Gasteiger partial charge in [0.2, 0.25) is 0 Å². The smallest absolute Gasteiger partial charge is 0.111 e. The number of aliphatic hydroxyl groups excluding tert-OH is 1. The van der Waals surface area contributed by atoms with Crippen LogP contribution in [0.5, 0.6) is 0 Å². The highest BCUT2D eigenvalue weighted by Gasteiger charge is 2.39. The quantitative estimate of drug-likeness (QED) is 0.609. The molecule has 66 valence electrons. The lowest BCUT2D eigenvalue weighted by atomic mass is 9.92. The van der Waals surface area contributed by atoms with Crippen molar-refractivity contribution in [2.24, 2.45) is 0 Å². The van der Waals surface area contributed by atoms with E-state index in [2.05, 4.69) is 0 Å². The van der Waals surface area contributed by atoms with Crippen LogP contribution in [-0.2, 0) is 9.47 Å². The lowest BCUT2D eigenvalue weighted by Crippen LogP contribution is -2.52. The second-order valence-electron chi connectivity index (χ2n) is 3.46. The molecule has 1 aliphatic rings. The first-order chi connectivity index (χ1) is 5.08. The summed E-state index contributed by atoms with van der Waals surface area (Å²) in [5.74, 6) is 0. The van der Waals surface area contributed by atoms with Crippen molar-refractivity contribution < 1.29 is 14.6 Å². The van der Waals surface area contributed by atoms with Gasteiger partial charge in [-0.25, -0.2) is 0 Å². The molecule has 0 aromatic rings. The maximum atomic E-state index is 9.50. The Hall–Kier alpha value is -0.120. The van der Waals surface area contributed by atoms with Crippen LogP contribution < -0.4 is 0 Å². The van der Waals surface area contributed by atoms with Crippen LogP contribution >= 0.6 is 0 Å². The maximum Gasteiger partial charge on any atom is 0.111 e. The van der Waals surface area contributed by atoms with Crippen molar-refractivity contribution in [2.45, 2.75) is 38.1 Å². The minimum absolute atomic E-state index is 0.198. The molecule has 0 saturated carbocycles. The van der Waals surface area contributed by atoms with E-state index < -0.39 is 0 Å². The summed E-state index contributed by atoms with van der Waals surface area (Å²) in [6, 6.07) is 0. The molecule has 0 aromatic carbocycles. The molecule has 1 saturated heterocycles. The SMILES string of the molecule is COC1C(O)CCOC1(C)C. The summed E-state index contributed by atoms with van der Waals surface area (Å²) in [7, 11) is 1.60. The van der Waals surface area contributed by atoms with Gasteiger partial charge in [0.05, 0.1) is 11.7 Å². The van der Waals surface area contributed by atoms with Crippen LogP contribution in [0.25, 0.3) is 0 Å². The Morgan fingerprint density at radius 3 is 2.55 bits per heavy atom. The number of aliphatic hydroxyl groups is 1. The molecule has 2 atom stereocenters. The molecular formula is C8H16O3. The summed E-state index contributed by atoms with van der Waals surface area (Å²) in [6.45, 7) is 4.49. The monoisotopic (exact) mass is 160 g/mol. The van der Waals surface area contributed by atoms with E-state index >= 15 is 0 Å². The molecule has 0 amide bonds. The van der Waals surface area contributed by atoms with Crippen LogP contribution in [0.15, 0.2) is 0 Å². The van der Waals surface area contributed by atoms with E-state index in [0.29, 0.717) is 13.0 Å². The predicted molar refractivity (Wildman–Crippen MR) is 41.5 cm³/mol. The molecule has 0 aliphatic carbocycles. The fourth-order valence-corrected chi connectivity index (χ4v) is 1.58. The Balaban J connectivity index is 2.64. The largest absolute Gasteiger partial charge is 0.390 e. The summed E-state index contributed by atoms with van der Waals surface area (Å²) in [6.07, 6.45) is 0.0853. The summed E-state index contributed by atoms with van der Waals surface area (Å²) in [5.41, 5.74) is -0.355. The van der Waals surface area contributed by atoms with Crippen molar-refractivity contribution in [1.82, 2.24) is 0 Å². The zero-order valence-corrected chi connectivity index (χ0v) is 7.33. The molecule has 0 spiro atoms. The first-order valence-electron chi connectivity index (χ1n) is 3.93. The first kappa shape index (κ1) is 8.97. The summed E-state index contributed by atoms with van der Waals surface area (Å²) in [5, 5.41) is 9.50. The lowest BCUT2D eigenvalue weighted by molar-refractivity contribution is -0.191. The fraction of sp³-hybridized carbons (Fsp3) is 1.00. The van der Waals surface area contributed by atoms with Crippen molar-refractivity contribution >= 4 is 0 Å². The van der Waals surface area contributed by atoms with Crippen LogP contribution in [0.4, 0.5) is 0 Å². The van der Waals surface area contributed by atoms with Crippen molar-refractivity contribution in [1.29, 1.82) is 0 Å². The maximum absolute atomic E-state index is 9.50. The molecule has 0 aromatic heterocycles. The van der Waals surface area contributed by atoms with E-state index in [9.17, 15) is 5.11 Å². The highest BCUT2D eigenvalue weighted by atomic mass is 16.6. The van der Waals surface area contributed by atoms with E-state index in [1.54, 1.807) is 7.11 Å². The Labute approximate surface area is 67.3 Å². The van der Waals surface area contributed by atoms with Crippen molar-refractivity contribution in [2.75, 3.05) is 13.7 Å². The highest BCUT2D eigenvalue weighted by molar-refractivity contribution is 4.89. The summed E-state index contributed by atoms with van der Waals surface area (Å²) < 4.78 is 10.6. The van der Waals surface area contributed by atoms with E-state index in [1.807, 2.05) is 13.8 Å². The second kappa shape index (κ2) is 3.09. The predicted octanol–water partition coefficient (Wildman–Crippen LogP) is 0.561. The molecule has 1 fully saturated rings. The molecule has 0 bridgehead atoms. The molecule has 3 nitrogen and oxygen atoms in total. The van der Waals surface area contributed by atoms with Gasteiger partial charge < -0.3 is 14.6 Å². The van der Waals surface area contributed by atoms with Gasteiger partial charge in [0.15, 0.2) is 0 Å². The van der Waals surface area contributed by atoms with Crippen LogP contribution in [0, 0.1) is 0 Å². The van der Waals surface area contributed by atoms with Crippen molar-refractivity contribution in [3.05, 3.63) is 0 Å². The number of ether oxygens (including phenoxy) is 2. The minimum Gasteiger partial charge on any atom is -0.390 e. The molecule has 1 aliphatic heterocycles. The molecule has 1 N–H and O–H groups in total. The van der Waals surface area contributed by atoms with Gasteiger partial charge in [-0.1, -0.05) is 0 Å². The Bertz CT molecular complexity index is 133. The van der Waals surface area contributed by atoms with Crippen molar-refractivity contribution in [3.63, 3.8) is 0 Å². The van der Waals surface area contributed by atoms with E-state index in [-0.39, 0.29) is 17.8 Å². The molecule has 1 rings (SSSR count). The minimum atomic E-state index is -0.385. The van der Waals surface area contributed by atoms with Crippen LogP contribution in [0.1, 0.15) is 20.3 Å². The van der Waals surface area contributed by atoms with E-state index in [1.165, 1.54) is 0 Å². The van der Waals surface area contributed by atoms with Crippen molar-refractivity contribution in [3.8, 4) is 0 Å². The van der Waals surface area contributed by atoms with E-state index in [4.69, 9.17) is 9.47 Å². The average molecular weight is 160 g/mol. The average Bonchev–Trinajstić information content (AvgIpc) is 1.86. The fourth-order valence-electron chi connectivity index (χ4n) is 1.58. The topological polar surface area (TPSA) is 38.7 Å². The third kappa shape index (κ3) is 1.72. The molecule has 0 radical (unpaired) electrons. The standard InChI is InChI=1S/C8H16O3/c1-8(2)7(10-3)6(9)4-5-11-8/h6-7,9H,4-5H2,1-3H3. The molecule has 2 unspecified atom stereocenters. The van der Waals surface area contributed by atoms with Gasteiger partial charge in [-0.2, -0.15) is 0 Å². The number of hydrogen-bond acceptors (Lipinski definition) is 3. The van der Waals surface area contributed by atoms with Gasteiger partial charge in [-0.3, -0.25) is 0 Å². The molecule has 11 heavy (non-hydrogen) atoms. The Kier molecular flexibility index (Phi) is 2.52. The summed E-state index contributed by atoms with van der Waals surface area (Å²) in [4.78, 5) is 0. The van der Waals surface area contributed by atoms with Gasteiger partial charge in [0.1, 0.15) is 6.10 Å². The molecular weight excluding hydrogens is 144 g/mol. The van der Waals surface area contributed by atoms with Crippen LogP contribution in [0.3, 0.4) is 0 Å². The molecule has 1 heterocycles. The van der Waals surface area contributed by atoms with Crippen LogP contribution in [0.2, 0.25) is 0 Å². The van der Waals surface area contributed by atoms with Gasteiger partial charge in [0.25, 0.3) is 0 Å². The normalized spacial score (nSPS) is 37.1. The number of methoxy groups -OCH3 is 1. The highest BCUT2D eigenvalue weighted by Crippen LogP contribution is 2.26. The first-order valence-corrected chi connectivity index (χ1v) is 3.93. The summed E-state index contributed by atoms with van der Waals surface area (Å²) >= 11 is 0. The van der Waals surface area contributed by atoms with Crippen LogP contribution in [-0.4, -0.2) is 36.6 Å². The Morgan fingerprint density at radius 2 is 2.18 bits per heavy atom. The zero-order valence-electron chi connectivity index (χ0n) is 7.33. The molecule has 3 heteroatoms. The van der Waals surface area contributed by atoms with Gasteiger partial charge in [-0.15, -0.1) is 0 Å². The van der Waals surface area contributed by atoms with Gasteiger partial charge in [-0.05, 0) is 20.3 Å². The Morgan fingerprint density at radius 1 is 1.55 bits per heavy atom. The number of rotatable bonds is 1. The second-order valence-corrected chi connectivity index (χ2v) is 3.46. The van der Waals surface area contributed by atoms with Gasteiger partial charge in [0, 0.05) is 13.7 Å². The number of hydrogen-bond donors (Lipinski definition) is 1. The third-order valence-electron chi connectivity index (χ3n) is 2.18. The lowest BCUT2D eigenvalue weighted by Gasteiger charge is -2.40. The van der Waals surface area contributed by atoms with E-state index in [0.717, 1.165) is 0 Å². The zero-order chi connectivity index (χ0) is 8.48. The third-order valence-corrected chi connectivity index (χ3v) is 2.18.